The van der Waals surface area contributed by atoms with Crippen LogP contribution in [0, 0.1) is 18.3 Å². The molecule has 0 spiro atoms. The van der Waals surface area contributed by atoms with E-state index in [-0.39, 0.29) is 0 Å². The van der Waals surface area contributed by atoms with E-state index in [0.717, 1.165) is 40.6 Å². The van der Waals surface area contributed by atoms with Gasteiger partial charge in [-0.25, -0.2) is 14.5 Å². The van der Waals surface area contributed by atoms with Crippen LogP contribution in [0.15, 0.2) is 18.7 Å². The molecule has 0 bridgehead atoms. The average molecular weight is 395 g/mol. The van der Waals surface area contributed by atoms with Crippen LogP contribution in [-0.2, 0) is 19.4 Å². The van der Waals surface area contributed by atoms with E-state index < -0.39 is 0 Å². The van der Waals surface area contributed by atoms with Crippen molar-refractivity contribution in [1.29, 1.82) is 0 Å². The van der Waals surface area contributed by atoms with Crippen molar-refractivity contribution in [1.82, 2.24) is 29.4 Å². The Kier molecular flexibility index (Phi) is 4.05. The zero-order valence-corrected chi connectivity index (χ0v) is 17.8. The topological polar surface area (TPSA) is 60.9 Å². The van der Waals surface area contributed by atoms with Crippen LogP contribution >= 0.6 is 11.3 Å². The average Bonchev–Trinajstić information content (AvgIpc) is 3.36. The van der Waals surface area contributed by atoms with E-state index >= 15 is 0 Å². The molecule has 0 saturated carbocycles. The summed E-state index contributed by atoms with van der Waals surface area (Å²) in [4.78, 5) is 12.2. The van der Waals surface area contributed by atoms with Gasteiger partial charge in [-0.2, -0.15) is 5.10 Å². The van der Waals surface area contributed by atoms with Gasteiger partial charge in [-0.15, -0.1) is 16.4 Å². The molecule has 4 aromatic rings. The Hall–Kier alpha value is -2.28. The Morgan fingerprint density at radius 2 is 2.18 bits per heavy atom. The fourth-order valence-electron chi connectivity index (χ4n) is 4.34. The summed E-state index contributed by atoms with van der Waals surface area (Å²) in [5.41, 5.74) is 3.93. The standard InChI is InChI=1S/C21H26N6S/c1-5-21(3,4)14-6-7-15-16(8-14)28-20-18(15)19-24-17(25-27(19)12-22-20)11-26-10-13(2)9-23-26/h9-10,12,14H,5-8,11H2,1-4H3. The number of hydrogen-bond acceptors (Lipinski definition) is 5. The predicted molar refractivity (Wildman–Crippen MR) is 112 cm³/mol. The lowest BCUT2D eigenvalue weighted by Crippen LogP contribution is -2.28. The van der Waals surface area contributed by atoms with Gasteiger partial charge in [0.1, 0.15) is 17.7 Å². The van der Waals surface area contributed by atoms with E-state index in [1.807, 2.05) is 39.9 Å². The van der Waals surface area contributed by atoms with Gasteiger partial charge in [-0.05, 0) is 48.6 Å². The molecule has 0 N–H and O–H groups in total. The third kappa shape index (κ3) is 2.83. The van der Waals surface area contributed by atoms with E-state index in [1.54, 1.807) is 6.33 Å². The smallest absolute Gasteiger partial charge is 0.173 e. The minimum Gasteiger partial charge on any atom is -0.265 e. The van der Waals surface area contributed by atoms with Crippen LogP contribution in [0.1, 0.15) is 55.4 Å². The van der Waals surface area contributed by atoms with Gasteiger partial charge >= 0.3 is 0 Å². The van der Waals surface area contributed by atoms with Gasteiger partial charge in [-0.3, -0.25) is 4.68 Å². The Morgan fingerprint density at radius 3 is 2.93 bits per heavy atom. The first-order valence-electron chi connectivity index (χ1n) is 10.1. The zero-order valence-electron chi connectivity index (χ0n) is 16.9. The molecule has 0 fully saturated rings. The summed E-state index contributed by atoms with van der Waals surface area (Å²) >= 11 is 1.85. The fourth-order valence-corrected chi connectivity index (χ4v) is 5.60. The predicted octanol–water partition coefficient (Wildman–Crippen LogP) is 4.43. The molecule has 0 aromatic carbocycles. The second-order valence-corrected chi connectivity index (χ2v) is 9.81. The summed E-state index contributed by atoms with van der Waals surface area (Å²) in [7, 11) is 0. The molecule has 0 amide bonds. The largest absolute Gasteiger partial charge is 0.265 e. The van der Waals surface area contributed by atoms with Gasteiger partial charge in [-0.1, -0.05) is 27.2 Å². The molecule has 7 heteroatoms. The second kappa shape index (κ2) is 6.37. The van der Waals surface area contributed by atoms with Gasteiger partial charge in [0.25, 0.3) is 0 Å². The summed E-state index contributed by atoms with van der Waals surface area (Å²) in [5.74, 6) is 1.52. The van der Waals surface area contributed by atoms with E-state index in [9.17, 15) is 0 Å². The van der Waals surface area contributed by atoms with Crippen LogP contribution in [0.2, 0.25) is 0 Å². The van der Waals surface area contributed by atoms with Crippen LogP contribution in [0.4, 0.5) is 0 Å². The van der Waals surface area contributed by atoms with E-state index in [0.29, 0.717) is 12.0 Å². The molecular formula is C21H26N6S. The molecule has 1 unspecified atom stereocenters. The number of hydrogen-bond donors (Lipinski definition) is 0. The third-order valence-corrected chi connectivity index (χ3v) is 7.67. The Morgan fingerprint density at radius 1 is 1.32 bits per heavy atom. The van der Waals surface area contributed by atoms with Crippen LogP contribution in [0.25, 0.3) is 15.9 Å². The molecule has 6 nitrogen and oxygen atoms in total. The normalized spacial score (nSPS) is 17.5. The van der Waals surface area contributed by atoms with Crippen molar-refractivity contribution in [3.05, 3.63) is 40.5 Å². The Bertz CT molecular complexity index is 1160. The molecule has 146 valence electrons. The Balaban J connectivity index is 1.55. The monoisotopic (exact) mass is 394 g/mol. The van der Waals surface area contributed by atoms with Gasteiger partial charge in [0.2, 0.25) is 0 Å². The zero-order chi connectivity index (χ0) is 19.5. The van der Waals surface area contributed by atoms with Crippen molar-refractivity contribution in [3.63, 3.8) is 0 Å². The third-order valence-electron chi connectivity index (χ3n) is 6.51. The highest BCUT2D eigenvalue weighted by Gasteiger charge is 2.33. The lowest BCUT2D eigenvalue weighted by atomic mass is 9.70. The highest BCUT2D eigenvalue weighted by Crippen LogP contribution is 2.44. The first-order chi connectivity index (χ1) is 13.4. The van der Waals surface area contributed by atoms with Gasteiger partial charge in [0.05, 0.1) is 11.6 Å². The number of nitrogens with zero attached hydrogens (tertiary/aromatic N) is 6. The van der Waals surface area contributed by atoms with Crippen molar-refractivity contribution in [3.8, 4) is 0 Å². The maximum Gasteiger partial charge on any atom is 0.173 e. The van der Waals surface area contributed by atoms with E-state index in [1.165, 1.54) is 28.7 Å². The molecule has 0 aliphatic heterocycles. The quantitative estimate of drug-likeness (QED) is 0.514. The van der Waals surface area contributed by atoms with Gasteiger partial charge < -0.3 is 0 Å². The molecule has 0 saturated heterocycles. The number of rotatable bonds is 4. The SMILES string of the molecule is CCC(C)(C)C1CCc2c(sc3ncn4nc(Cn5cc(C)cn5)nc4c23)C1. The minimum absolute atomic E-state index is 0.389. The summed E-state index contributed by atoms with van der Waals surface area (Å²) < 4.78 is 3.72. The van der Waals surface area contributed by atoms with Crippen molar-refractivity contribution >= 4 is 27.2 Å². The molecule has 4 heterocycles. The molecule has 1 atom stereocenters. The lowest BCUT2D eigenvalue weighted by Gasteiger charge is -2.36. The number of fused-ring (bicyclic) bond motifs is 5. The van der Waals surface area contributed by atoms with Crippen LogP contribution in [0.5, 0.6) is 0 Å². The molecular weight excluding hydrogens is 368 g/mol. The lowest BCUT2D eigenvalue weighted by molar-refractivity contribution is 0.184. The van der Waals surface area contributed by atoms with Gasteiger partial charge in [0.15, 0.2) is 11.5 Å². The molecule has 1 aliphatic rings. The molecule has 28 heavy (non-hydrogen) atoms. The van der Waals surface area contributed by atoms with Gasteiger partial charge in [0, 0.05) is 11.1 Å². The fraction of sp³-hybridized carbons (Fsp3) is 0.524. The first kappa shape index (κ1) is 17.8. The summed E-state index contributed by atoms with van der Waals surface area (Å²) in [5, 5.41) is 10.2. The van der Waals surface area contributed by atoms with Crippen LogP contribution in [-0.4, -0.2) is 29.4 Å². The van der Waals surface area contributed by atoms with E-state index in [4.69, 9.17) is 9.97 Å². The maximum atomic E-state index is 4.87. The number of aryl methyl sites for hydroxylation is 2. The minimum atomic E-state index is 0.389. The molecule has 1 aliphatic carbocycles. The van der Waals surface area contributed by atoms with Crippen molar-refractivity contribution < 1.29 is 0 Å². The highest BCUT2D eigenvalue weighted by molar-refractivity contribution is 7.19. The first-order valence-corrected chi connectivity index (χ1v) is 10.9. The molecule has 5 rings (SSSR count). The van der Waals surface area contributed by atoms with Crippen LogP contribution in [0.3, 0.4) is 0 Å². The summed E-state index contributed by atoms with van der Waals surface area (Å²) in [6.45, 7) is 9.75. The van der Waals surface area contributed by atoms with E-state index in [2.05, 4.69) is 31.0 Å². The van der Waals surface area contributed by atoms with Crippen LogP contribution < -0.4 is 0 Å². The number of thiophene rings is 1. The Labute approximate surface area is 168 Å². The number of aromatic nitrogens is 6. The summed E-state index contributed by atoms with van der Waals surface area (Å²) in [6.07, 6.45) is 10.4. The highest BCUT2D eigenvalue weighted by atomic mass is 32.1. The van der Waals surface area contributed by atoms with Crippen molar-refractivity contribution in [2.45, 2.75) is 59.9 Å². The van der Waals surface area contributed by atoms with Crippen molar-refractivity contribution in [2.24, 2.45) is 11.3 Å². The molecule has 0 radical (unpaired) electrons. The molecule has 4 aromatic heterocycles. The maximum absolute atomic E-state index is 4.87. The second-order valence-electron chi connectivity index (χ2n) is 8.72. The van der Waals surface area contributed by atoms with Crippen molar-refractivity contribution in [2.75, 3.05) is 0 Å². The summed E-state index contributed by atoms with van der Waals surface area (Å²) in [6, 6.07) is 0.